The molecule has 0 fully saturated rings. The minimum Gasteiger partial charge on any atom is -0.308 e. The van der Waals surface area contributed by atoms with Gasteiger partial charge in [0.25, 0.3) is 0 Å². The van der Waals surface area contributed by atoms with Gasteiger partial charge in [-0.2, -0.15) is 0 Å². The van der Waals surface area contributed by atoms with E-state index in [1.165, 1.54) is 16.7 Å². The molecule has 3 aromatic heterocycles. The molecule has 2 aromatic carbocycles. The Bertz CT molecular complexity index is 1700. The van der Waals surface area contributed by atoms with Crippen LogP contribution >= 0.6 is 0 Å². The van der Waals surface area contributed by atoms with Crippen LogP contribution in [0.4, 0.5) is 0 Å². The number of aromatic amines is 1. The highest BCUT2D eigenvalue weighted by atomic mass is 16.5. The number of hydrogen-bond donors (Lipinski definition) is 1. The maximum Gasteiger partial charge on any atom is 0.439 e. The van der Waals surface area contributed by atoms with E-state index in [2.05, 4.69) is 71.0 Å². The van der Waals surface area contributed by atoms with Crippen molar-refractivity contribution in [2.24, 2.45) is 0 Å². The molecule has 1 aliphatic rings. The quantitative estimate of drug-likeness (QED) is 0.392. The molecule has 1 N–H and O–H groups in total. The molecule has 1 aliphatic carbocycles. The average molecular weight is 478 g/mol. The zero-order valence-corrected chi connectivity index (χ0v) is 20.6. The summed E-state index contributed by atoms with van der Waals surface area (Å²) in [4.78, 5) is 23.9. The van der Waals surface area contributed by atoms with Crippen LogP contribution in [0.3, 0.4) is 0 Å². The van der Waals surface area contributed by atoms with E-state index >= 15 is 0 Å². The summed E-state index contributed by atoms with van der Waals surface area (Å²) in [5.41, 5.74) is 11.2. The fourth-order valence-corrected chi connectivity index (χ4v) is 5.29. The predicted molar refractivity (Wildman–Crippen MR) is 140 cm³/mol. The van der Waals surface area contributed by atoms with E-state index in [1.54, 1.807) is 0 Å². The first-order valence-electron chi connectivity index (χ1n) is 12.3. The Morgan fingerprint density at radius 3 is 2.64 bits per heavy atom. The normalized spacial score (nSPS) is 14.1. The molecule has 5 aromatic rings. The molecule has 6 rings (SSSR count). The van der Waals surface area contributed by atoms with Crippen molar-refractivity contribution in [3.05, 3.63) is 110 Å². The van der Waals surface area contributed by atoms with E-state index in [-0.39, 0.29) is 0 Å². The smallest absolute Gasteiger partial charge is 0.308 e. The number of benzene rings is 2. The first-order valence-corrected chi connectivity index (χ1v) is 12.3. The van der Waals surface area contributed by atoms with Crippen LogP contribution in [0.5, 0.6) is 0 Å². The summed E-state index contributed by atoms with van der Waals surface area (Å²) in [6, 6.07) is 17.2. The van der Waals surface area contributed by atoms with Crippen molar-refractivity contribution in [1.82, 2.24) is 24.7 Å². The van der Waals surface area contributed by atoms with Crippen LogP contribution in [0.2, 0.25) is 0 Å². The van der Waals surface area contributed by atoms with Crippen LogP contribution in [0, 0.1) is 13.8 Å². The van der Waals surface area contributed by atoms with Crippen molar-refractivity contribution in [3.8, 4) is 0 Å². The molecule has 0 atom stereocenters. The molecule has 0 bridgehead atoms. The van der Waals surface area contributed by atoms with Gasteiger partial charge in [-0.3, -0.25) is 9.51 Å². The monoisotopic (exact) mass is 477 g/mol. The molecule has 0 spiro atoms. The molecular weight excluding hydrogens is 450 g/mol. The van der Waals surface area contributed by atoms with Gasteiger partial charge in [0.15, 0.2) is 11.5 Å². The molecule has 0 unspecified atom stereocenters. The summed E-state index contributed by atoms with van der Waals surface area (Å²) in [7, 11) is 0. The van der Waals surface area contributed by atoms with Gasteiger partial charge in [0, 0.05) is 12.1 Å². The highest BCUT2D eigenvalue weighted by Gasteiger charge is 2.20. The van der Waals surface area contributed by atoms with Gasteiger partial charge in [-0.25, -0.2) is 14.8 Å². The van der Waals surface area contributed by atoms with Crippen molar-refractivity contribution in [2.45, 2.75) is 46.6 Å². The number of rotatable bonds is 4. The first-order chi connectivity index (χ1) is 17.5. The molecule has 180 valence electrons. The number of fused-ring (bicyclic) bond motifs is 3. The van der Waals surface area contributed by atoms with E-state index in [4.69, 9.17) is 14.5 Å². The Hall–Kier alpha value is -4.26. The summed E-state index contributed by atoms with van der Waals surface area (Å²) in [5.74, 6) is 0.901. The lowest BCUT2D eigenvalue weighted by atomic mass is 9.92. The van der Waals surface area contributed by atoms with Crippen LogP contribution in [0.1, 0.15) is 57.6 Å². The Labute approximate surface area is 208 Å². The van der Waals surface area contributed by atoms with Crippen LogP contribution in [0.15, 0.2) is 57.8 Å². The lowest BCUT2D eigenvalue weighted by molar-refractivity contribution is 0.385. The summed E-state index contributed by atoms with van der Waals surface area (Å²) in [6.07, 6.45) is 4.61. The molecule has 36 heavy (non-hydrogen) atoms. The van der Waals surface area contributed by atoms with Crippen LogP contribution in [-0.2, 0) is 25.8 Å². The lowest BCUT2D eigenvalue weighted by Crippen LogP contribution is -2.07. The van der Waals surface area contributed by atoms with Crippen LogP contribution in [-0.4, -0.2) is 24.7 Å². The fourth-order valence-electron chi connectivity index (χ4n) is 5.29. The number of pyridine rings is 1. The summed E-state index contributed by atoms with van der Waals surface area (Å²) >= 11 is 0. The lowest BCUT2D eigenvalue weighted by Gasteiger charge is -2.14. The zero-order chi connectivity index (χ0) is 24.8. The number of nitrogens with zero attached hydrogens (tertiary/aromatic N) is 4. The zero-order valence-electron chi connectivity index (χ0n) is 20.6. The van der Waals surface area contributed by atoms with Crippen molar-refractivity contribution < 1.29 is 4.52 Å². The minimum atomic E-state index is -0.558. The second-order valence-corrected chi connectivity index (χ2v) is 9.41. The predicted octanol–water partition coefficient (Wildman–Crippen LogP) is 5.02. The molecule has 7 heteroatoms. The van der Waals surface area contributed by atoms with Gasteiger partial charge < -0.3 is 4.57 Å². The third-order valence-corrected chi connectivity index (χ3v) is 6.93. The van der Waals surface area contributed by atoms with Gasteiger partial charge in [0.2, 0.25) is 0 Å². The molecular formula is C29H27N5O2. The third-order valence-electron chi connectivity index (χ3n) is 6.93. The molecule has 0 aliphatic heterocycles. The Morgan fingerprint density at radius 2 is 1.83 bits per heavy atom. The molecule has 0 saturated carbocycles. The maximum absolute atomic E-state index is 11.5. The van der Waals surface area contributed by atoms with Crippen LogP contribution < -0.4 is 5.76 Å². The van der Waals surface area contributed by atoms with Gasteiger partial charge in [-0.15, -0.1) is 0 Å². The van der Waals surface area contributed by atoms with E-state index in [0.29, 0.717) is 12.4 Å². The van der Waals surface area contributed by atoms with Crippen molar-refractivity contribution in [2.75, 3.05) is 0 Å². The van der Waals surface area contributed by atoms with Crippen molar-refractivity contribution in [3.63, 3.8) is 0 Å². The van der Waals surface area contributed by atoms with Crippen molar-refractivity contribution in [1.29, 1.82) is 0 Å². The minimum absolute atomic E-state index is 0.413. The van der Waals surface area contributed by atoms with E-state index < -0.39 is 5.76 Å². The van der Waals surface area contributed by atoms with Gasteiger partial charge in [0.05, 0.1) is 6.54 Å². The average Bonchev–Trinajstić information content (AvgIpc) is 3.40. The standard InChI is InChI=1S/C29H27N5O2/c1-4-26-32-27-17(2)13-18(3)30-28(27)34(26)16-19-9-12-23-21(14-19)11-10-20-7-5-6-8-22(20)24(23)15-25-31-29(35)36-33-25/h5-9,12-15H,4,10-11,16H2,1-3H3,(H,31,33,35). The molecule has 0 amide bonds. The number of aromatic nitrogens is 5. The second kappa shape index (κ2) is 8.75. The van der Waals surface area contributed by atoms with Gasteiger partial charge >= 0.3 is 5.76 Å². The summed E-state index contributed by atoms with van der Waals surface area (Å²) < 4.78 is 6.99. The van der Waals surface area contributed by atoms with E-state index in [0.717, 1.165) is 64.2 Å². The molecule has 0 saturated heterocycles. The van der Waals surface area contributed by atoms with Gasteiger partial charge in [-0.1, -0.05) is 54.5 Å². The number of hydrogen-bond acceptors (Lipinski definition) is 5. The highest BCUT2D eigenvalue weighted by molar-refractivity contribution is 5.93. The Morgan fingerprint density at radius 1 is 1.03 bits per heavy atom. The Balaban J connectivity index is 1.46. The molecule has 7 nitrogen and oxygen atoms in total. The third kappa shape index (κ3) is 3.86. The Kier molecular flexibility index (Phi) is 5.40. The number of imidazole rings is 1. The fraction of sp³-hybridized carbons (Fsp3) is 0.241. The van der Waals surface area contributed by atoms with Crippen molar-refractivity contribution >= 4 is 22.8 Å². The SMILES string of the molecule is CCc1nc2c(C)cc(C)nc2n1Cc1ccc2c(c1)CCc1ccccc1C2=Cc1noc(=O)[nH]1. The maximum atomic E-state index is 11.5. The number of aryl methyl sites for hydroxylation is 5. The largest absolute Gasteiger partial charge is 0.439 e. The first kappa shape index (κ1) is 22.2. The molecule has 0 radical (unpaired) electrons. The number of H-pyrrole nitrogens is 1. The van der Waals surface area contributed by atoms with E-state index in [9.17, 15) is 4.79 Å². The van der Waals surface area contributed by atoms with E-state index in [1.807, 2.05) is 19.1 Å². The summed E-state index contributed by atoms with van der Waals surface area (Å²) in [5, 5.41) is 3.88. The molecule has 3 heterocycles. The topological polar surface area (TPSA) is 89.6 Å². The highest BCUT2D eigenvalue weighted by Crippen LogP contribution is 2.35. The second-order valence-electron chi connectivity index (χ2n) is 9.41. The van der Waals surface area contributed by atoms with Gasteiger partial charge in [-0.05, 0) is 77.8 Å². The number of nitrogens with one attached hydrogen (secondary N) is 1. The van der Waals surface area contributed by atoms with Crippen LogP contribution in [0.25, 0.3) is 22.8 Å². The van der Waals surface area contributed by atoms with Gasteiger partial charge in [0.1, 0.15) is 11.3 Å². The summed E-state index contributed by atoms with van der Waals surface area (Å²) in [6.45, 7) is 6.99.